The van der Waals surface area contributed by atoms with E-state index >= 15 is 0 Å². The van der Waals surface area contributed by atoms with E-state index < -0.39 is 0 Å². The Kier molecular flexibility index (Phi) is 8.73. The largest absolute Gasteiger partial charge is 0.496 e. The predicted molar refractivity (Wildman–Crippen MR) is 136 cm³/mol. The summed E-state index contributed by atoms with van der Waals surface area (Å²) in [6.07, 6.45) is 2.93. The Bertz CT molecular complexity index is 1150. The number of nitrogens with zero attached hydrogens (tertiary/aromatic N) is 4. The molecule has 1 aromatic heterocycles. The van der Waals surface area contributed by atoms with Gasteiger partial charge in [0.05, 0.1) is 23.2 Å². The van der Waals surface area contributed by atoms with E-state index in [1.165, 1.54) is 0 Å². The molecule has 0 saturated carbocycles. The van der Waals surface area contributed by atoms with Crippen LogP contribution in [-0.2, 0) is 6.54 Å². The highest BCUT2D eigenvalue weighted by Crippen LogP contribution is 2.33. The molecule has 33 heavy (non-hydrogen) atoms. The average Bonchev–Trinajstić information content (AvgIpc) is 2.83. The van der Waals surface area contributed by atoms with Crippen molar-refractivity contribution in [2.24, 2.45) is 5.92 Å². The molecule has 2 N–H and O–H groups in total. The van der Waals surface area contributed by atoms with Crippen molar-refractivity contribution >= 4 is 50.7 Å². The summed E-state index contributed by atoms with van der Waals surface area (Å²) < 4.78 is 6.19. The third kappa shape index (κ3) is 5.67. The summed E-state index contributed by atoms with van der Waals surface area (Å²) in [5.74, 6) is 2.85. The van der Waals surface area contributed by atoms with Crippen LogP contribution < -0.4 is 15.0 Å². The van der Waals surface area contributed by atoms with Gasteiger partial charge in [-0.25, -0.2) is 0 Å². The monoisotopic (exact) mass is 531 g/mol. The Labute approximate surface area is 208 Å². The van der Waals surface area contributed by atoms with Gasteiger partial charge in [0.2, 0.25) is 0 Å². The van der Waals surface area contributed by atoms with E-state index in [9.17, 15) is 10.4 Å². The number of methoxy groups -OCH3 is 1. The van der Waals surface area contributed by atoms with Crippen LogP contribution in [-0.4, -0.2) is 42.1 Å². The quantitative estimate of drug-likeness (QED) is 0.447. The van der Waals surface area contributed by atoms with Crippen LogP contribution in [0.2, 0.25) is 0 Å². The first-order valence-electron chi connectivity index (χ1n) is 10.8. The SMILES string of the molecule is COc1ccc(CNc2nnc(N3CCC(CCO)CC3)c3ccc(C#N)cc23)cc1Br.Cl. The number of nitrogens with one attached hydrogen (secondary N) is 1. The van der Waals surface area contributed by atoms with Crippen LogP contribution in [0.1, 0.15) is 30.4 Å². The molecule has 1 fully saturated rings. The zero-order chi connectivity index (χ0) is 22.5. The van der Waals surface area contributed by atoms with Gasteiger partial charge in [-0.2, -0.15) is 5.26 Å². The lowest BCUT2D eigenvalue weighted by Gasteiger charge is -2.33. The van der Waals surface area contributed by atoms with Gasteiger partial charge in [-0.05, 0) is 77.0 Å². The second kappa shape index (κ2) is 11.5. The summed E-state index contributed by atoms with van der Waals surface area (Å²) in [5.41, 5.74) is 1.66. The molecule has 0 bridgehead atoms. The fourth-order valence-corrected chi connectivity index (χ4v) is 4.78. The fourth-order valence-electron chi connectivity index (χ4n) is 4.20. The number of halogens is 2. The molecule has 1 aliphatic rings. The van der Waals surface area contributed by atoms with Crippen LogP contribution in [0.15, 0.2) is 40.9 Å². The van der Waals surface area contributed by atoms with E-state index in [1.807, 2.05) is 36.4 Å². The smallest absolute Gasteiger partial charge is 0.159 e. The number of hydrogen-bond acceptors (Lipinski definition) is 7. The maximum atomic E-state index is 9.42. The van der Waals surface area contributed by atoms with Crippen molar-refractivity contribution in [3.63, 3.8) is 0 Å². The van der Waals surface area contributed by atoms with E-state index in [1.54, 1.807) is 7.11 Å². The molecule has 0 unspecified atom stereocenters. The highest BCUT2D eigenvalue weighted by molar-refractivity contribution is 9.10. The minimum atomic E-state index is 0. The number of fused-ring (bicyclic) bond motifs is 1. The Hall–Kier alpha value is -2.60. The maximum Gasteiger partial charge on any atom is 0.159 e. The molecule has 1 saturated heterocycles. The molecule has 2 heterocycles. The van der Waals surface area contributed by atoms with Gasteiger partial charge in [0, 0.05) is 37.0 Å². The van der Waals surface area contributed by atoms with Gasteiger partial charge in [-0.3, -0.25) is 0 Å². The van der Waals surface area contributed by atoms with Crippen molar-refractivity contribution in [1.82, 2.24) is 10.2 Å². The van der Waals surface area contributed by atoms with E-state index in [2.05, 4.69) is 42.4 Å². The Balaban J connectivity index is 0.00000306. The van der Waals surface area contributed by atoms with Gasteiger partial charge in [0.25, 0.3) is 0 Å². The molecule has 3 aromatic rings. The second-order valence-electron chi connectivity index (χ2n) is 8.01. The molecule has 0 radical (unpaired) electrons. The number of aliphatic hydroxyl groups is 1. The van der Waals surface area contributed by atoms with Crippen molar-refractivity contribution in [3.8, 4) is 11.8 Å². The average molecular weight is 533 g/mol. The predicted octanol–water partition coefficient (Wildman–Crippen LogP) is 4.91. The molecule has 0 spiro atoms. The Morgan fingerprint density at radius 3 is 2.64 bits per heavy atom. The number of nitriles is 1. The number of rotatable bonds is 7. The highest BCUT2D eigenvalue weighted by atomic mass is 79.9. The number of aromatic nitrogens is 2. The highest BCUT2D eigenvalue weighted by Gasteiger charge is 2.22. The zero-order valence-corrected chi connectivity index (χ0v) is 20.8. The van der Waals surface area contributed by atoms with Crippen molar-refractivity contribution in [3.05, 3.63) is 52.0 Å². The molecular weight excluding hydrogens is 506 g/mol. The summed E-state index contributed by atoms with van der Waals surface area (Å²) >= 11 is 3.52. The maximum absolute atomic E-state index is 9.42. The van der Waals surface area contributed by atoms with Gasteiger partial charge in [-0.15, -0.1) is 22.6 Å². The lowest BCUT2D eigenvalue weighted by atomic mass is 9.94. The van der Waals surface area contributed by atoms with Crippen LogP contribution in [0.5, 0.6) is 5.75 Å². The van der Waals surface area contributed by atoms with Gasteiger partial charge >= 0.3 is 0 Å². The number of hydrogen-bond donors (Lipinski definition) is 2. The number of anilines is 2. The lowest BCUT2D eigenvalue weighted by molar-refractivity contribution is 0.240. The normalized spacial score (nSPS) is 13.9. The van der Waals surface area contributed by atoms with Crippen LogP contribution in [0, 0.1) is 17.2 Å². The summed E-state index contributed by atoms with van der Waals surface area (Å²) in [5, 5.41) is 33.0. The van der Waals surface area contributed by atoms with Gasteiger partial charge in [0.15, 0.2) is 11.6 Å². The molecule has 1 aliphatic heterocycles. The summed E-state index contributed by atoms with van der Waals surface area (Å²) in [4.78, 5) is 2.26. The molecule has 0 amide bonds. The molecular formula is C24H27BrClN5O2. The first-order valence-corrected chi connectivity index (χ1v) is 11.5. The van der Waals surface area contributed by atoms with Gasteiger partial charge in [0.1, 0.15) is 5.75 Å². The molecule has 0 atom stereocenters. The molecule has 0 aliphatic carbocycles. The van der Waals surface area contributed by atoms with E-state index in [0.29, 0.717) is 23.8 Å². The fraction of sp³-hybridized carbons (Fsp3) is 0.375. The first-order chi connectivity index (χ1) is 15.6. The summed E-state index contributed by atoms with van der Waals surface area (Å²) in [6, 6.07) is 13.8. The summed E-state index contributed by atoms with van der Waals surface area (Å²) in [6.45, 7) is 2.59. The molecule has 2 aromatic carbocycles. The van der Waals surface area contributed by atoms with Crippen LogP contribution in [0.4, 0.5) is 11.6 Å². The van der Waals surface area contributed by atoms with Crippen molar-refractivity contribution in [1.29, 1.82) is 5.26 Å². The second-order valence-corrected chi connectivity index (χ2v) is 8.86. The molecule has 4 rings (SSSR count). The minimum absolute atomic E-state index is 0. The van der Waals surface area contributed by atoms with E-state index in [4.69, 9.17) is 4.74 Å². The van der Waals surface area contributed by atoms with Crippen LogP contribution >= 0.6 is 28.3 Å². The van der Waals surface area contributed by atoms with Gasteiger partial charge < -0.3 is 20.1 Å². The Morgan fingerprint density at radius 2 is 1.97 bits per heavy atom. The third-order valence-electron chi connectivity index (χ3n) is 6.02. The van der Waals surface area contributed by atoms with Crippen molar-refractivity contribution in [2.45, 2.75) is 25.8 Å². The van der Waals surface area contributed by atoms with Gasteiger partial charge in [-0.1, -0.05) is 6.07 Å². The number of ether oxygens (including phenoxy) is 1. The number of piperidine rings is 1. The zero-order valence-electron chi connectivity index (χ0n) is 18.4. The first kappa shape index (κ1) is 25.0. The third-order valence-corrected chi connectivity index (χ3v) is 6.64. The van der Waals surface area contributed by atoms with Crippen molar-refractivity contribution < 1.29 is 9.84 Å². The van der Waals surface area contributed by atoms with Crippen LogP contribution in [0.3, 0.4) is 0 Å². The van der Waals surface area contributed by atoms with E-state index in [0.717, 1.165) is 64.7 Å². The molecule has 7 nitrogen and oxygen atoms in total. The van der Waals surface area contributed by atoms with Crippen molar-refractivity contribution in [2.75, 3.05) is 37.0 Å². The lowest BCUT2D eigenvalue weighted by Crippen LogP contribution is -2.34. The Morgan fingerprint density at radius 1 is 1.18 bits per heavy atom. The number of aliphatic hydroxyl groups excluding tert-OH is 1. The minimum Gasteiger partial charge on any atom is -0.496 e. The molecule has 9 heteroatoms. The van der Waals surface area contributed by atoms with E-state index in [-0.39, 0.29) is 19.0 Å². The summed E-state index contributed by atoms with van der Waals surface area (Å²) in [7, 11) is 1.64. The topological polar surface area (TPSA) is 94.3 Å². The molecule has 174 valence electrons. The number of benzene rings is 2. The van der Waals surface area contributed by atoms with Crippen LogP contribution in [0.25, 0.3) is 10.8 Å². The standard InChI is InChI=1S/C24H26BrN5O2.ClH/c1-32-22-5-3-18(13-21(22)25)15-27-23-20-12-17(14-26)2-4-19(20)24(29-28-23)30-9-6-16(7-10-30)8-11-31;/h2-5,12-13,16,31H,6-11,15H2,1H3,(H,27,28);1H.